The molecule has 6 nitrogen and oxygen atoms in total. The maximum atomic E-state index is 13.8. The molecule has 5 rings (SSSR count). The number of hydrogen-bond donors (Lipinski definition) is 1. The van der Waals surface area contributed by atoms with Gasteiger partial charge >= 0.3 is 0 Å². The summed E-state index contributed by atoms with van der Waals surface area (Å²) < 4.78 is 10.8. The second kappa shape index (κ2) is 8.75. The summed E-state index contributed by atoms with van der Waals surface area (Å²) in [5, 5.41) is 4.94. The number of ether oxygens (including phenoxy) is 2. The molecular formula is C28H22N2O4. The van der Waals surface area contributed by atoms with Gasteiger partial charge in [-0.3, -0.25) is 9.59 Å². The Hall–Kier alpha value is -4.58. The Labute approximate surface area is 197 Å². The van der Waals surface area contributed by atoms with Crippen molar-refractivity contribution in [3.63, 3.8) is 0 Å². The maximum Gasteiger partial charge on any atom is 0.282 e. The molecule has 1 aliphatic rings. The van der Waals surface area contributed by atoms with Crippen LogP contribution in [0, 0.1) is 0 Å². The van der Waals surface area contributed by atoms with Gasteiger partial charge in [0.15, 0.2) is 0 Å². The summed E-state index contributed by atoms with van der Waals surface area (Å²) in [6.45, 7) is 0. The zero-order chi connectivity index (χ0) is 23.7. The van der Waals surface area contributed by atoms with Crippen molar-refractivity contribution in [3.8, 4) is 11.5 Å². The first-order valence-electron chi connectivity index (χ1n) is 10.8. The predicted octanol–water partition coefficient (Wildman–Crippen LogP) is 5.25. The van der Waals surface area contributed by atoms with Gasteiger partial charge in [-0.2, -0.15) is 0 Å². The van der Waals surface area contributed by atoms with Crippen molar-refractivity contribution in [2.45, 2.75) is 0 Å². The standard InChI is InChI=1S/C28H22N2O4/c1-33-20-15-16-24(34-2)22(17-20)29-26-25(19-10-4-3-5-11-19)27(31)30(28(26)32)23-14-8-12-18-9-6-7-13-21(18)23/h3-17,29H,1-2H3. The summed E-state index contributed by atoms with van der Waals surface area (Å²) in [5.74, 6) is 0.277. The molecule has 4 aromatic carbocycles. The minimum absolute atomic E-state index is 0.177. The number of amides is 2. The molecule has 0 aromatic heterocycles. The molecule has 0 saturated heterocycles. The average Bonchev–Trinajstić information content (AvgIpc) is 3.12. The fraction of sp³-hybridized carbons (Fsp3) is 0.0714. The highest BCUT2D eigenvalue weighted by molar-refractivity contribution is 6.47. The van der Waals surface area contributed by atoms with Crippen LogP contribution in [0.15, 0.2) is 96.7 Å². The summed E-state index contributed by atoms with van der Waals surface area (Å²) in [6, 6.07) is 27.7. The van der Waals surface area contributed by atoms with Crippen molar-refractivity contribution >= 4 is 39.5 Å². The fourth-order valence-corrected chi connectivity index (χ4v) is 4.19. The molecule has 1 aliphatic heterocycles. The Morgan fingerprint density at radius 2 is 1.47 bits per heavy atom. The monoisotopic (exact) mass is 450 g/mol. The van der Waals surface area contributed by atoms with E-state index in [4.69, 9.17) is 9.47 Å². The van der Waals surface area contributed by atoms with E-state index in [1.165, 1.54) is 4.90 Å². The van der Waals surface area contributed by atoms with Gasteiger partial charge in [0.2, 0.25) is 0 Å². The third-order valence-electron chi connectivity index (χ3n) is 5.82. The van der Waals surface area contributed by atoms with Crippen LogP contribution in [-0.4, -0.2) is 26.0 Å². The predicted molar refractivity (Wildman–Crippen MR) is 133 cm³/mol. The molecular weight excluding hydrogens is 428 g/mol. The van der Waals surface area contributed by atoms with Gasteiger partial charge in [-0.1, -0.05) is 66.7 Å². The Kier molecular flexibility index (Phi) is 5.47. The second-order valence-corrected chi connectivity index (χ2v) is 7.75. The Morgan fingerprint density at radius 3 is 2.24 bits per heavy atom. The lowest BCUT2D eigenvalue weighted by atomic mass is 10.0. The van der Waals surface area contributed by atoms with Crippen LogP contribution in [0.25, 0.3) is 16.3 Å². The molecule has 0 bridgehead atoms. The summed E-state index contributed by atoms with van der Waals surface area (Å²) >= 11 is 0. The molecule has 4 aromatic rings. The highest BCUT2D eigenvalue weighted by atomic mass is 16.5. The van der Waals surface area contributed by atoms with Crippen LogP contribution in [0.2, 0.25) is 0 Å². The minimum atomic E-state index is -0.440. The number of nitrogens with zero attached hydrogens (tertiary/aromatic N) is 1. The number of fused-ring (bicyclic) bond motifs is 1. The van der Waals surface area contributed by atoms with Crippen LogP contribution in [-0.2, 0) is 9.59 Å². The molecule has 1 heterocycles. The van der Waals surface area contributed by atoms with Crippen molar-refractivity contribution in [2.24, 2.45) is 0 Å². The van der Waals surface area contributed by atoms with E-state index in [2.05, 4.69) is 5.32 Å². The number of carbonyl (C=O) groups excluding carboxylic acids is 2. The molecule has 0 unspecified atom stereocenters. The van der Waals surface area contributed by atoms with E-state index < -0.39 is 11.8 Å². The van der Waals surface area contributed by atoms with E-state index in [9.17, 15) is 9.59 Å². The Bertz CT molecular complexity index is 1440. The topological polar surface area (TPSA) is 67.9 Å². The molecule has 0 atom stereocenters. The molecule has 0 radical (unpaired) electrons. The molecule has 34 heavy (non-hydrogen) atoms. The number of anilines is 2. The first-order chi connectivity index (χ1) is 16.6. The highest BCUT2D eigenvalue weighted by Crippen LogP contribution is 2.38. The van der Waals surface area contributed by atoms with Crippen LogP contribution in [0.1, 0.15) is 5.56 Å². The van der Waals surface area contributed by atoms with Crippen molar-refractivity contribution < 1.29 is 19.1 Å². The van der Waals surface area contributed by atoms with E-state index in [0.29, 0.717) is 34.0 Å². The van der Waals surface area contributed by atoms with Gasteiger partial charge in [0.05, 0.1) is 31.2 Å². The highest BCUT2D eigenvalue weighted by Gasteiger charge is 2.41. The van der Waals surface area contributed by atoms with Crippen LogP contribution in [0.4, 0.5) is 11.4 Å². The van der Waals surface area contributed by atoms with Gasteiger partial charge in [-0.05, 0) is 29.1 Å². The third-order valence-corrected chi connectivity index (χ3v) is 5.82. The maximum absolute atomic E-state index is 13.8. The average molecular weight is 450 g/mol. The lowest BCUT2D eigenvalue weighted by Crippen LogP contribution is -2.32. The molecule has 1 N–H and O–H groups in total. The van der Waals surface area contributed by atoms with Crippen LogP contribution >= 0.6 is 0 Å². The second-order valence-electron chi connectivity index (χ2n) is 7.75. The van der Waals surface area contributed by atoms with Crippen molar-refractivity contribution in [2.75, 3.05) is 24.4 Å². The number of imide groups is 1. The SMILES string of the molecule is COc1ccc(OC)c(NC2=C(c3ccccc3)C(=O)N(c3cccc4ccccc34)C2=O)c1. The number of benzene rings is 4. The van der Waals surface area contributed by atoms with Crippen molar-refractivity contribution in [1.29, 1.82) is 0 Å². The van der Waals surface area contributed by atoms with Gasteiger partial charge in [0.25, 0.3) is 11.8 Å². The van der Waals surface area contributed by atoms with Gasteiger partial charge in [0, 0.05) is 11.5 Å². The minimum Gasteiger partial charge on any atom is -0.497 e. The molecule has 2 amide bonds. The molecule has 6 heteroatoms. The van der Waals surface area contributed by atoms with E-state index in [0.717, 1.165) is 10.8 Å². The lowest BCUT2D eigenvalue weighted by molar-refractivity contribution is -0.120. The number of carbonyl (C=O) groups is 2. The largest absolute Gasteiger partial charge is 0.497 e. The summed E-state index contributed by atoms with van der Waals surface area (Å²) in [6.07, 6.45) is 0. The van der Waals surface area contributed by atoms with E-state index >= 15 is 0 Å². The molecule has 0 saturated carbocycles. The van der Waals surface area contributed by atoms with Crippen molar-refractivity contribution in [1.82, 2.24) is 0 Å². The fourth-order valence-electron chi connectivity index (χ4n) is 4.19. The van der Waals surface area contributed by atoms with Crippen LogP contribution in [0.3, 0.4) is 0 Å². The van der Waals surface area contributed by atoms with E-state index in [1.807, 2.05) is 66.7 Å². The zero-order valence-electron chi connectivity index (χ0n) is 18.7. The number of nitrogens with one attached hydrogen (secondary N) is 1. The number of hydrogen-bond acceptors (Lipinski definition) is 5. The van der Waals surface area contributed by atoms with Gasteiger partial charge in [-0.15, -0.1) is 0 Å². The Balaban J connectivity index is 1.67. The zero-order valence-corrected chi connectivity index (χ0v) is 18.7. The number of rotatable bonds is 6. The molecule has 0 aliphatic carbocycles. The quantitative estimate of drug-likeness (QED) is 0.406. The first kappa shape index (κ1) is 21.3. The summed E-state index contributed by atoms with van der Waals surface area (Å²) in [5.41, 5.74) is 2.18. The molecule has 168 valence electrons. The molecule has 0 fully saturated rings. The van der Waals surface area contributed by atoms with Gasteiger partial charge < -0.3 is 14.8 Å². The number of methoxy groups -OCH3 is 2. The van der Waals surface area contributed by atoms with Crippen LogP contribution < -0.4 is 19.7 Å². The lowest BCUT2D eigenvalue weighted by Gasteiger charge is -2.18. The van der Waals surface area contributed by atoms with E-state index in [-0.39, 0.29) is 5.70 Å². The normalized spacial score (nSPS) is 13.5. The smallest absolute Gasteiger partial charge is 0.282 e. The van der Waals surface area contributed by atoms with Crippen LogP contribution in [0.5, 0.6) is 11.5 Å². The first-order valence-corrected chi connectivity index (χ1v) is 10.8. The van der Waals surface area contributed by atoms with E-state index in [1.54, 1.807) is 38.5 Å². The molecule has 0 spiro atoms. The summed E-state index contributed by atoms with van der Waals surface area (Å²) in [4.78, 5) is 28.8. The van der Waals surface area contributed by atoms with Gasteiger partial charge in [-0.25, -0.2) is 4.90 Å². The third kappa shape index (κ3) is 3.55. The summed E-state index contributed by atoms with van der Waals surface area (Å²) in [7, 11) is 3.11. The van der Waals surface area contributed by atoms with Gasteiger partial charge in [0.1, 0.15) is 17.2 Å². The van der Waals surface area contributed by atoms with Crippen molar-refractivity contribution in [3.05, 3.63) is 102 Å². The Morgan fingerprint density at radius 1 is 0.735 bits per heavy atom.